The zero-order chi connectivity index (χ0) is 21.7. The molecule has 2 atom stereocenters. The van der Waals surface area contributed by atoms with Gasteiger partial charge in [-0.25, -0.2) is 0 Å². The van der Waals surface area contributed by atoms with Crippen molar-refractivity contribution in [1.29, 1.82) is 0 Å². The van der Waals surface area contributed by atoms with Crippen LogP contribution in [-0.2, 0) is 4.74 Å². The second-order valence-electron chi connectivity index (χ2n) is 9.26. The summed E-state index contributed by atoms with van der Waals surface area (Å²) in [5.74, 6) is 3.66. The summed E-state index contributed by atoms with van der Waals surface area (Å²) in [7, 11) is -3.44. The molecule has 0 saturated carbocycles. The van der Waals surface area contributed by atoms with Crippen molar-refractivity contribution in [1.82, 2.24) is 0 Å². The SMILES string of the molecule is C[Si](C)(C)C#CC1CCCC([P+](c2ccccc2)(c2ccccc2)c2ccccc2)O1. The highest BCUT2D eigenvalue weighted by molar-refractivity contribution is 7.96. The third-order valence-corrected chi connectivity index (χ3v) is 11.2. The number of benzene rings is 3. The summed E-state index contributed by atoms with van der Waals surface area (Å²) in [5.41, 5.74) is 3.56. The standard InChI is InChI=1S/C28H32OPSi/c1-31(2,3)23-22-24-14-13-21-28(29-24)30(25-15-7-4-8-16-25,26-17-9-5-10-18-26)27-19-11-6-12-20-27/h4-12,15-20,24,28H,13-14,21H2,1-3H3/q+1. The minimum Gasteiger partial charge on any atom is -0.327 e. The molecule has 0 bridgehead atoms. The molecule has 1 aliphatic heterocycles. The van der Waals surface area contributed by atoms with Gasteiger partial charge in [0.05, 0.1) is 0 Å². The van der Waals surface area contributed by atoms with Crippen molar-refractivity contribution in [3.63, 3.8) is 0 Å². The summed E-state index contributed by atoms with van der Waals surface area (Å²) in [6.07, 6.45) is 3.29. The molecule has 0 radical (unpaired) electrons. The Hall–Kier alpha value is -2.17. The highest BCUT2D eigenvalue weighted by atomic mass is 31.2. The third-order valence-electron chi connectivity index (χ3n) is 5.77. The van der Waals surface area contributed by atoms with E-state index in [1.54, 1.807) is 0 Å². The molecule has 0 aromatic heterocycles. The highest BCUT2D eigenvalue weighted by Gasteiger charge is 2.54. The van der Waals surface area contributed by atoms with Crippen molar-refractivity contribution in [2.75, 3.05) is 0 Å². The van der Waals surface area contributed by atoms with E-state index in [9.17, 15) is 0 Å². The largest absolute Gasteiger partial charge is 0.327 e. The van der Waals surface area contributed by atoms with E-state index >= 15 is 0 Å². The van der Waals surface area contributed by atoms with E-state index in [1.807, 2.05) is 0 Å². The minimum atomic E-state index is -2.01. The summed E-state index contributed by atoms with van der Waals surface area (Å²) in [6.45, 7) is 6.90. The maximum Gasteiger partial charge on any atom is 0.182 e. The molecule has 3 aromatic carbocycles. The predicted octanol–water partition coefficient (Wildman–Crippen LogP) is 5.76. The molecule has 1 aliphatic rings. The molecule has 0 spiro atoms. The van der Waals surface area contributed by atoms with Gasteiger partial charge in [-0.3, -0.25) is 0 Å². The van der Waals surface area contributed by atoms with Gasteiger partial charge < -0.3 is 4.74 Å². The second-order valence-corrected chi connectivity index (χ2v) is 17.6. The van der Waals surface area contributed by atoms with Crippen LogP contribution in [0.5, 0.6) is 0 Å². The van der Waals surface area contributed by atoms with Crippen LogP contribution in [0.2, 0.25) is 19.6 Å². The molecule has 31 heavy (non-hydrogen) atoms. The zero-order valence-electron chi connectivity index (χ0n) is 18.8. The molecular weight excluding hydrogens is 411 g/mol. The van der Waals surface area contributed by atoms with E-state index in [4.69, 9.17) is 4.74 Å². The molecular formula is C28H32OPSi+. The molecule has 0 aliphatic carbocycles. The second kappa shape index (κ2) is 9.54. The lowest BCUT2D eigenvalue weighted by atomic mass is 10.1. The van der Waals surface area contributed by atoms with Crippen molar-refractivity contribution < 1.29 is 4.74 Å². The van der Waals surface area contributed by atoms with Gasteiger partial charge in [-0.05, 0) is 49.2 Å². The minimum absolute atomic E-state index is 0.0287. The topological polar surface area (TPSA) is 9.23 Å². The molecule has 1 heterocycles. The Balaban J connectivity index is 1.89. The molecule has 1 fully saturated rings. The fraction of sp³-hybridized carbons (Fsp3) is 0.286. The van der Waals surface area contributed by atoms with Crippen LogP contribution in [0, 0.1) is 11.5 Å². The van der Waals surface area contributed by atoms with Crippen LogP contribution in [-0.4, -0.2) is 20.0 Å². The molecule has 1 nitrogen and oxygen atoms in total. The first-order valence-corrected chi connectivity index (χ1v) is 16.6. The molecule has 3 heteroatoms. The summed E-state index contributed by atoms with van der Waals surface area (Å²) in [5, 5.41) is 4.16. The molecule has 0 N–H and O–H groups in total. The molecule has 4 rings (SSSR count). The van der Waals surface area contributed by atoms with E-state index in [2.05, 4.69) is 122 Å². The predicted molar refractivity (Wildman–Crippen MR) is 139 cm³/mol. The first-order valence-electron chi connectivity index (χ1n) is 11.2. The third kappa shape index (κ3) is 4.86. The van der Waals surface area contributed by atoms with Crippen molar-refractivity contribution in [3.8, 4) is 11.5 Å². The molecule has 1 saturated heterocycles. The first-order chi connectivity index (χ1) is 15.0. The Morgan fingerprint density at radius 2 is 1.16 bits per heavy atom. The Morgan fingerprint density at radius 1 is 0.710 bits per heavy atom. The molecule has 158 valence electrons. The Labute approximate surface area is 189 Å². The first kappa shape index (κ1) is 22.0. The number of ether oxygens (including phenoxy) is 1. The lowest BCUT2D eigenvalue weighted by molar-refractivity contribution is 0.0273. The lowest BCUT2D eigenvalue weighted by Gasteiger charge is -2.38. The van der Waals surface area contributed by atoms with Gasteiger partial charge in [0.1, 0.15) is 37.4 Å². The highest BCUT2D eigenvalue weighted by Crippen LogP contribution is 2.62. The van der Waals surface area contributed by atoms with Crippen LogP contribution >= 0.6 is 7.26 Å². The van der Waals surface area contributed by atoms with E-state index in [0.29, 0.717) is 0 Å². The average Bonchev–Trinajstić information content (AvgIpc) is 2.80. The maximum absolute atomic E-state index is 6.91. The maximum atomic E-state index is 6.91. The van der Waals surface area contributed by atoms with Gasteiger partial charge in [0, 0.05) is 6.42 Å². The summed E-state index contributed by atoms with van der Waals surface area (Å²) >= 11 is 0. The Bertz CT molecular complexity index is 936. The summed E-state index contributed by atoms with van der Waals surface area (Å²) in [4.78, 5) is 0. The summed E-state index contributed by atoms with van der Waals surface area (Å²) in [6, 6.07) is 33.1. The Kier molecular flexibility index (Phi) is 6.78. The van der Waals surface area contributed by atoms with Crippen molar-refractivity contribution >= 4 is 31.2 Å². The van der Waals surface area contributed by atoms with Gasteiger partial charge >= 0.3 is 0 Å². The van der Waals surface area contributed by atoms with Gasteiger partial charge in [0.25, 0.3) is 0 Å². The van der Waals surface area contributed by atoms with E-state index in [0.717, 1.165) is 19.3 Å². The monoisotopic (exact) mass is 443 g/mol. The van der Waals surface area contributed by atoms with E-state index in [1.165, 1.54) is 15.9 Å². The number of hydrogen-bond acceptors (Lipinski definition) is 1. The average molecular weight is 444 g/mol. The van der Waals surface area contributed by atoms with E-state index < -0.39 is 15.3 Å². The zero-order valence-corrected chi connectivity index (χ0v) is 20.7. The number of hydrogen-bond donors (Lipinski definition) is 0. The van der Waals surface area contributed by atoms with Crippen LogP contribution < -0.4 is 15.9 Å². The summed E-state index contributed by atoms with van der Waals surface area (Å²) < 4.78 is 6.91. The lowest BCUT2D eigenvalue weighted by Crippen LogP contribution is -2.43. The van der Waals surface area contributed by atoms with Crippen LogP contribution in [0.15, 0.2) is 91.0 Å². The van der Waals surface area contributed by atoms with Crippen LogP contribution in [0.1, 0.15) is 19.3 Å². The number of rotatable bonds is 4. The Morgan fingerprint density at radius 3 is 1.58 bits per heavy atom. The van der Waals surface area contributed by atoms with Crippen LogP contribution in [0.4, 0.5) is 0 Å². The fourth-order valence-electron chi connectivity index (χ4n) is 4.43. The van der Waals surface area contributed by atoms with Crippen molar-refractivity contribution in [3.05, 3.63) is 91.0 Å². The van der Waals surface area contributed by atoms with Crippen LogP contribution in [0.3, 0.4) is 0 Å². The van der Waals surface area contributed by atoms with Crippen molar-refractivity contribution in [2.45, 2.75) is 50.9 Å². The van der Waals surface area contributed by atoms with Crippen molar-refractivity contribution in [2.24, 2.45) is 0 Å². The van der Waals surface area contributed by atoms with Gasteiger partial charge in [0.15, 0.2) is 5.85 Å². The van der Waals surface area contributed by atoms with Gasteiger partial charge in [-0.15, -0.1) is 5.54 Å². The van der Waals surface area contributed by atoms with Gasteiger partial charge in [-0.1, -0.05) is 80.2 Å². The van der Waals surface area contributed by atoms with Gasteiger partial charge in [0.2, 0.25) is 0 Å². The van der Waals surface area contributed by atoms with Gasteiger partial charge in [-0.2, -0.15) is 0 Å². The fourth-order valence-corrected chi connectivity index (χ4v) is 9.74. The molecule has 2 unspecified atom stereocenters. The quantitative estimate of drug-likeness (QED) is 0.283. The molecule has 3 aromatic rings. The normalized spacial score (nSPS) is 19.3. The van der Waals surface area contributed by atoms with Crippen LogP contribution in [0.25, 0.3) is 0 Å². The smallest absolute Gasteiger partial charge is 0.182 e. The van der Waals surface area contributed by atoms with E-state index in [-0.39, 0.29) is 11.9 Å². The molecule has 0 amide bonds.